The number of carbonyl (C=O) groups excluding carboxylic acids is 2. The van der Waals surface area contributed by atoms with Gasteiger partial charge in [0.05, 0.1) is 33.3 Å². The Balaban J connectivity index is 1.92. The van der Waals surface area contributed by atoms with Crippen molar-refractivity contribution < 1.29 is 23.8 Å². The number of carbonyl (C=O) groups is 2. The Morgan fingerprint density at radius 2 is 1.88 bits per heavy atom. The van der Waals surface area contributed by atoms with Gasteiger partial charge in [-0.25, -0.2) is 0 Å². The maximum atomic E-state index is 13.1. The van der Waals surface area contributed by atoms with Crippen LogP contribution in [0.5, 0.6) is 11.5 Å². The van der Waals surface area contributed by atoms with E-state index in [1.807, 2.05) is 17.0 Å². The quantitative estimate of drug-likeness (QED) is 0.776. The summed E-state index contributed by atoms with van der Waals surface area (Å²) in [5.74, 6) is 0.857. The van der Waals surface area contributed by atoms with Crippen molar-refractivity contribution in [3.8, 4) is 11.5 Å². The van der Waals surface area contributed by atoms with Crippen LogP contribution in [0.1, 0.15) is 42.9 Å². The van der Waals surface area contributed by atoms with E-state index >= 15 is 0 Å². The van der Waals surface area contributed by atoms with Crippen LogP contribution in [0.4, 0.5) is 0 Å². The standard InChI is InChI=1S/C20H25NO5/c1-24-15-10-12-7-9-21-17(13(12)11-16(15)25-2)20(19(23)26-3)8-5-4-6-14(20)18(21)22/h10-11,14,17H,4-9H2,1-3H3/t14-,17+,20+/m1/s1. The van der Waals surface area contributed by atoms with Gasteiger partial charge in [0.2, 0.25) is 5.91 Å². The second kappa shape index (κ2) is 6.18. The van der Waals surface area contributed by atoms with Crippen molar-refractivity contribution in [1.29, 1.82) is 0 Å². The Morgan fingerprint density at radius 3 is 2.58 bits per heavy atom. The Kier molecular flexibility index (Phi) is 4.09. The molecule has 2 fully saturated rings. The molecular formula is C20H25NO5. The van der Waals surface area contributed by atoms with E-state index < -0.39 is 5.41 Å². The van der Waals surface area contributed by atoms with Crippen LogP contribution in [0.2, 0.25) is 0 Å². The van der Waals surface area contributed by atoms with Crippen LogP contribution in [0, 0.1) is 11.3 Å². The number of fused-ring (bicyclic) bond motifs is 5. The molecule has 0 spiro atoms. The molecule has 140 valence electrons. The Bertz CT molecular complexity index is 761. The number of nitrogens with zero attached hydrogens (tertiary/aromatic N) is 1. The summed E-state index contributed by atoms with van der Waals surface area (Å²) in [5, 5.41) is 0. The van der Waals surface area contributed by atoms with Gasteiger partial charge >= 0.3 is 5.97 Å². The van der Waals surface area contributed by atoms with Gasteiger partial charge in [-0.15, -0.1) is 0 Å². The Morgan fingerprint density at radius 1 is 1.15 bits per heavy atom. The lowest BCUT2D eigenvalue weighted by Gasteiger charge is -2.42. The normalized spacial score (nSPS) is 29.5. The first-order valence-electron chi connectivity index (χ1n) is 9.22. The molecule has 1 aliphatic carbocycles. The minimum atomic E-state index is -0.793. The topological polar surface area (TPSA) is 65.1 Å². The van der Waals surface area contributed by atoms with Crippen molar-refractivity contribution >= 4 is 11.9 Å². The van der Waals surface area contributed by atoms with Gasteiger partial charge < -0.3 is 19.1 Å². The number of benzene rings is 1. The second-order valence-electron chi connectivity index (χ2n) is 7.42. The van der Waals surface area contributed by atoms with Crippen LogP contribution in [-0.4, -0.2) is 44.7 Å². The van der Waals surface area contributed by atoms with E-state index in [2.05, 4.69) is 0 Å². The van der Waals surface area contributed by atoms with Gasteiger partial charge in [0.1, 0.15) is 5.41 Å². The van der Waals surface area contributed by atoms with E-state index in [9.17, 15) is 9.59 Å². The molecule has 3 aliphatic rings. The van der Waals surface area contributed by atoms with Crippen LogP contribution in [0.3, 0.4) is 0 Å². The fourth-order valence-corrected chi connectivity index (χ4v) is 5.35. The summed E-state index contributed by atoms with van der Waals surface area (Å²) in [4.78, 5) is 28.1. The molecule has 4 rings (SSSR count). The summed E-state index contributed by atoms with van der Waals surface area (Å²) in [7, 11) is 4.64. The molecule has 1 aromatic carbocycles. The van der Waals surface area contributed by atoms with Gasteiger partial charge in [-0.3, -0.25) is 9.59 Å². The third kappa shape index (κ3) is 2.10. The highest BCUT2D eigenvalue weighted by molar-refractivity contribution is 5.94. The fourth-order valence-electron chi connectivity index (χ4n) is 5.35. The third-order valence-electron chi connectivity index (χ3n) is 6.46. The van der Waals surface area contributed by atoms with Gasteiger partial charge in [0.15, 0.2) is 11.5 Å². The molecule has 2 heterocycles. The van der Waals surface area contributed by atoms with Gasteiger partial charge in [0.25, 0.3) is 0 Å². The zero-order valence-corrected chi connectivity index (χ0v) is 15.5. The summed E-state index contributed by atoms with van der Waals surface area (Å²) in [6, 6.07) is 3.65. The van der Waals surface area contributed by atoms with Gasteiger partial charge in [-0.05, 0) is 42.5 Å². The van der Waals surface area contributed by atoms with Crippen molar-refractivity contribution in [2.24, 2.45) is 11.3 Å². The van der Waals surface area contributed by atoms with Crippen LogP contribution in [0.25, 0.3) is 0 Å². The van der Waals surface area contributed by atoms with Crippen LogP contribution in [0.15, 0.2) is 12.1 Å². The smallest absolute Gasteiger partial charge is 0.315 e. The molecule has 3 atom stereocenters. The SMILES string of the molecule is COC(=O)[C@@]12CCCC[C@@H]1C(=O)N1CCc3cc(OC)c(OC)cc3[C@H]12. The molecule has 26 heavy (non-hydrogen) atoms. The lowest BCUT2D eigenvalue weighted by Crippen LogP contribution is -2.45. The zero-order chi connectivity index (χ0) is 18.5. The van der Waals surface area contributed by atoms with E-state index in [0.29, 0.717) is 24.5 Å². The van der Waals surface area contributed by atoms with Gasteiger partial charge in [-0.2, -0.15) is 0 Å². The van der Waals surface area contributed by atoms with Gasteiger partial charge in [0, 0.05) is 6.54 Å². The maximum absolute atomic E-state index is 13.1. The minimum Gasteiger partial charge on any atom is -0.493 e. The number of ether oxygens (including phenoxy) is 3. The molecule has 0 radical (unpaired) electrons. The zero-order valence-electron chi connectivity index (χ0n) is 15.5. The van der Waals surface area contributed by atoms with Crippen molar-refractivity contribution in [3.05, 3.63) is 23.3 Å². The molecule has 1 saturated carbocycles. The molecule has 1 aromatic rings. The van der Waals surface area contributed by atoms with E-state index in [1.54, 1.807) is 14.2 Å². The van der Waals surface area contributed by atoms with Gasteiger partial charge in [-0.1, -0.05) is 12.8 Å². The molecule has 0 bridgehead atoms. The van der Waals surface area contributed by atoms with Crippen LogP contribution >= 0.6 is 0 Å². The summed E-state index contributed by atoms with van der Waals surface area (Å²) >= 11 is 0. The number of methoxy groups -OCH3 is 3. The first kappa shape index (κ1) is 17.2. The van der Waals surface area contributed by atoms with Crippen molar-refractivity contribution in [1.82, 2.24) is 4.90 Å². The van der Waals surface area contributed by atoms with Crippen molar-refractivity contribution in [2.75, 3.05) is 27.9 Å². The van der Waals surface area contributed by atoms with E-state index in [4.69, 9.17) is 14.2 Å². The first-order valence-corrected chi connectivity index (χ1v) is 9.22. The Labute approximate surface area is 153 Å². The highest BCUT2D eigenvalue weighted by Gasteiger charge is 2.65. The molecule has 2 aliphatic heterocycles. The second-order valence-corrected chi connectivity index (χ2v) is 7.42. The minimum absolute atomic E-state index is 0.0977. The summed E-state index contributed by atoms with van der Waals surface area (Å²) in [6.45, 7) is 0.626. The lowest BCUT2D eigenvalue weighted by atomic mass is 9.62. The van der Waals surface area contributed by atoms with Crippen LogP contribution < -0.4 is 9.47 Å². The molecule has 0 N–H and O–H groups in total. The molecule has 1 amide bonds. The van der Waals surface area contributed by atoms with E-state index in [1.165, 1.54) is 7.11 Å². The average molecular weight is 359 g/mol. The molecular weight excluding hydrogens is 334 g/mol. The predicted octanol–water partition coefficient (Wildman–Crippen LogP) is 2.49. The van der Waals surface area contributed by atoms with E-state index in [-0.39, 0.29) is 23.8 Å². The largest absolute Gasteiger partial charge is 0.493 e. The molecule has 6 nitrogen and oxygen atoms in total. The number of rotatable bonds is 3. The summed E-state index contributed by atoms with van der Waals surface area (Å²) < 4.78 is 16.2. The fraction of sp³-hybridized carbons (Fsp3) is 0.600. The predicted molar refractivity (Wildman–Crippen MR) is 94.1 cm³/mol. The van der Waals surface area contributed by atoms with Crippen LogP contribution in [-0.2, 0) is 20.7 Å². The number of hydrogen-bond acceptors (Lipinski definition) is 5. The first-order chi connectivity index (χ1) is 12.6. The number of hydrogen-bond donors (Lipinski definition) is 0. The van der Waals surface area contributed by atoms with E-state index in [0.717, 1.165) is 36.8 Å². The monoisotopic (exact) mass is 359 g/mol. The summed E-state index contributed by atoms with van der Waals surface area (Å²) in [5.41, 5.74) is 1.32. The lowest BCUT2D eigenvalue weighted by molar-refractivity contribution is -0.160. The average Bonchev–Trinajstić information content (AvgIpc) is 2.96. The maximum Gasteiger partial charge on any atom is 0.315 e. The molecule has 1 saturated heterocycles. The van der Waals surface area contributed by atoms with Crippen molar-refractivity contribution in [2.45, 2.75) is 38.1 Å². The van der Waals surface area contributed by atoms with Crippen molar-refractivity contribution in [3.63, 3.8) is 0 Å². The molecule has 6 heteroatoms. The summed E-state index contributed by atoms with van der Waals surface area (Å²) in [6.07, 6.45) is 4.11. The molecule has 0 unspecified atom stereocenters. The molecule has 0 aromatic heterocycles. The highest BCUT2D eigenvalue weighted by atomic mass is 16.5. The number of esters is 1. The number of amides is 1. The third-order valence-corrected chi connectivity index (χ3v) is 6.46. The highest BCUT2D eigenvalue weighted by Crippen LogP contribution is 2.60. The Hall–Kier alpha value is -2.24.